The van der Waals surface area contributed by atoms with E-state index >= 15 is 0 Å². The van der Waals surface area contributed by atoms with Gasteiger partial charge in [-0.1, -0.05) is 13.8 Å². The lowest BCUT2D eigenvalue weighted by Crippen LogP contribution is -2.50. The molecule has 0 aromatic heterocycles. The van der Waals surface area contributed by atoms with Crippen molar-refractivity contribution in [3.63, 3.8) is 0 Å². The normalized spacial score (nSPS) is 29.1. The van der Waals surface area contributed by atoms with Crippen molar-refractivity contribution >= 4 is 5.96 Å². The van der Waals surface area contributed by atoms with Crippen LogP contribution < -0.4 is 11.1 Å². The van der Waals surface area contributed by atoms with Gasteiger partial charge in [0.15, 0.2) is 5.96 Å². The maximum atomic E-state index is 5.95. The fourth-order valence-electron chi connectivity index (χ4n) is 2.54. The highest BCUT2D eigenvalue weighted by molar-refractivity contribution is 5.78. The van der Waals surface area contributed by atoms with E-state index in [-0.39, 0.29) is 5.60 Å². The van der Waals surface area contributed by atoms with Crippen molar-refractivity contribution in [1.82, 2.24) is 5.32 Å². The second-order valence-electron chi connectivity index (χ2n) is 5.32. The average Bonchev–Trinajstić information content (AvgIpc) is 3.13. The molecule has 2 rings (SSSR count). The predicted octanol–water partition coefficient (Wildman–Crippen LogP) is 1.79. The van der Waals surface area contributed by atoms with Gasteiger partial charge in [0, 0.05) is 12.6 Å². The summed E-state index contributed by atoms with van der Waals surface area (Å²) in [5.41, 5.74) is 5.97. The number of nitrogens with two attached hydrogens (primary N) is 1. The van der Waals surface area contributed by atoms with Crippen molar-refractivity contribution in [3.05, 3.63) is 0 Å². The van der Waals surface area contributed by atoms with Crippen molar-refractivity contribution in [2.75, 3.05) is 6.61 Å². The van der Waals surface area contributed by atoms with E-state index in [0.29, 0.717) is 18.0 Å². The molecule has 0 amide bonds. The van der Waals surface area contributed by atoms with E-state index < -0.39 is 0 Å². The molecule has 1 unspecified atom stereocenters. The second kappa shape index (κ2) is 5.25. The van der Waals surface area contributed by atoms with Crippen molar-refractivity contribution < 1.29 is 4.74 Å². The lowest BCUT2D eigenvalue weighted by molar-refractivity contribution is -0.0910. The first-order valence-electron chi connectivity index (χ1n) is 6.91. The Morgan fingerprint density at radius 1 is 1.35 bits per heavy atom. The molecule has 3 N–H and O–H groups in total. The molecule has 0 aromatic carbocycles. The average molecular weight is 239 g/mol. The van der Waals surface area contributed by atoms with Crippen LogP contribution in [0.15, 0.2) is 4.99 Å². The van der Waals surface area contributed by atoms with Gasteiger partial charge >= 0.3 is 0 Å². The van der Waals surface area contributed by atoms with Crippen LogP contribution in [0.2, 0.25) is 0 Å². The van der Waals surface area contributed by atoms with Crippen LogP contribution in [-0.4, -0.2) is 30.3 Å². The number of nitrogens with one attached hydrogen (secondary N) is 1. The van der Waals surface area contributed by atoms with E-state index in [1.165, 1.54) is 12.8 Å². The van der Waals surface area contributed by atoms with Gasteiger partial charge in [0.25, 0.3) is 0 Å². The summed E-state index contributed by atoms with van der Waals surface area (Å²) in [4.78, 5) is 4.42. The van der Waals surface area contributed by atoms with E-state index in [9.17, 15) is 0 Å². The molecule has 4 nitrogen and oxygen atoms in total. The van der Waals surface area contributed by atoms with Gasteiger partial charge in [0.05, 0.1) is 11.6 Å². The van der Waals surface area contributed by atoms with E-state index in [2.05, 4.69) is 24.2 Å². The van der Waals surface area contributed by atoms with Crippen molar-refractivity contribution in [2.24, 2.45) is 10.7 Å². The number of aliphatic imine (C=N–C) groups is 1. The zero-order valence-corrected chi connectivity index (χ0v) is 11.0. The standard InChI is InChI=1S/C13H25N3O/c1-3-13(4-2)9-11(7-8-17-13)16-12(14)15-10-5-6-10/h10-11H,3-9H2,1-2H3,(H3,14,15,16). The molecule has 2 aliphatic rings. The van der Waals surface area contributed by atoms with E-state index in [0.717, 1.165) is 32.3 Å². The Bertz CT molecular complexity index is 282. The van der Waals surface area contributed by atoms with E-state index in [1.54, 1.807) is 0 Å². The summed E-state index contributed by atoms with van der Waals surface area (Å²) < 4.78 is 5.95. The van der Waals surface area contributed by atoms with Gasteiger partial charge in [0.1, 0.15) is 0 Å². The van der Waals surface area contributed by atoms with Crippen LogP contribution in [0, 0.1) is 0 Å². The summed E-state index contributed by atoms with van der Waals surface area (Å²) in [6.07, 6.45) is 6.61. The van der Waals surface area contributed by atoms with Gasteiger partial charge in [-0.2, -0.15) is 0 Å². The third-order valence-corrected chi connectivity index (χ3v) is 4.00. The molecule has 0 radical (unpaired) electrons. The van der Waals surface area contributed by atoms with Crippen LogP contribution in [-0.2, 0) is 4.74 Å². The fraction of sp³-hybridized carbons (Fsp3) is 0.923. The minimum absolute atomic E-state index is 0.0514. The summed E-state index contributed by atoms with van der Waals surface area (Å²) in [5.74, 6) is 0.625. The Kier molecular flexibility index (Phi) is 3.92. The molecule has 1 aliphatic carbocycles. The smallest absolute Gasteiger partial charge is 0.189 e. The SMILES string of the molecule is CCC1(CC)CC(NC(N)=NC2CC2)CCO1. The number of guanidine groups is 1. The third kappa shape index (κ3) is 3.35. The highest BCUT2D eigenvalue weighted by atomic mass is 16.5. The minimum atomic E-state index is 0.0514. The number of nitrogens with zero attached hydrogens (tertiary/aromatic N) is 1. The topological polar surface area (TPSA) is 59.6 Å². The molecule has 1 heterocycles. The number of ether oxygens (including phenoxy) is 1. The van der Waals surface area contributed by atoms with Crippen LogP contribution >= 0.6 is 0 Å². The summed E-state index contributed by atoms with van der Waals surface area (Å²) in [6.45, 7) is 5.23. The predicted molar refractivity (Wildman–Crippen MR) is 70.1 cm³/mol. The van der Waals surface area contributed by atoms with E-state index in [1.807, 2.05) is 0 Å². The summed E-state index contributed by atoms with van der Waals surface area (Å²) in [7, 11) is 0. The maximum absolute atomic E-state index is 5.95. The van der Waals surface area contributed by atoms with Gasteiger partial charge in [-0.25, -0.2) is 0 Å². The van der Waals surface area contributed by atoms with Gasteiger partial charge in [-0.3, -0.25) is 4.99 Å². The molecule has 1 atom stereocenters. The van der Waals surface area contributed by atoms with Crippen molar-refractivity contribution in [3.8, 4) is 0 Å². The Balaban J connectivity index is 1.88. The summed E-state index contributed by atoms with van der Waals surface area (Å²) in [6, 6.07) is 0.913. The molecule has 17 heavy (non-hydrogen) atoms. The second-order valence-corrected chi connectivity index (χ2v) is 5.32. The Morgan fingerprint density at radius 3 is 2.65 bits per heavy atom. The minimum Gasteiger partial charge on any atom is -0.375 e. The largest absolute Gasteiger partial charge is 0.375 e. The Labute approximate surface area is 104 Å². The lowest BCUT2D eigenvalue weighted by atomic mass is 9.86. The van der Waals surface area contributed by atoms with Gasteiger partial charge < -0.3 is 15.8 Å². The molecule has 1 aliphatic heterocycles. The lowest BCUT2D eigenvalue weighted by Gasteiger charge is -2.40. The zero-order valence-electron chi connectivity index (χ0n) is 11.0. The molecule has 0 aromatic rings. The molecule has 0 bridgehead atoms. The van der Waals surface area contributed by atoms with Crippen LogP contribution in [0.3, 0.4) is 0 Å². The number of hydrogen-bond acceptors (Lipinski definition) is 2. The van der Waals surface area contributed by atoms with Crippen LogP contribution in [0.1, 0.15) is 52.4 Å². The molecule has 0 spiro atoms. The van der Waals surface area contributed by atoms with Gasteiger partial charge in [-0.15, -0.1) is 0 Å². The van der Waals surface area contributed by atoms with Crippen LogP contribution in [0.5, 0.6) is 0 Å². The highest BCUT2D eigenvalue weighted by Gasteiger charge is 2.34. The molecule has 98 valence electrons. The molecular formula is C13H25N3O. The first kappa shape index (κ1) is 12.7. The quantitative estimate of drug-likeness (QED) is 0.581. The molecule has 1 saturated heterocycles. The van der Waals surface area contributed by atoms with E-state index in [4.69, 9.17) is 10.5 Å². The van der Waals surface area contributed by atoms with Gasteiger partial charge in [-0.05, 0) is 38.5 Å². The number of hydrogen-bond donors (Lipinski definition) is 2. The summed E-state index contributed by atoms with van der Waals surface area (Å²) in [5, 5.41) is 3.36. The monoisotopic (exact) mass is 239 g/mol. The third-order valence-electron chi connectivity index (χ3n) is 4.00. The molecular weight excluding hydrogens is 214 g/mol. The highest BCUT2D eigenvalue weighted by Crippen LogP contribution is 2.31. The Hall–Kier alpha value is -0.770. The van der Waals surface area contributed by atoms with Gasteiger partial charge in [0.2, 0.25) is 0 Å². The van der Waals surface area contributed by atoms with Crippen molar-refractivity contribution in [2.45, 2.75) is 70.1 Å². The fourth-order valence-corrected chi connectivity index (χ4v) is 2.54. The molecule has 2 fully saturated rings. The summed E-state index contributed by atoms with van der Waals surface area (Å²) >= 11 is 0. The zero-order chi connectivity index (χ0) is 12.3. The first-order valence-corrected chi connectivity index (χ1v) is 6.91. The maximum Gasteiger partial charge on any atom is 0.189 e. The molecule has 1 saturated carbocycles. The first-order chi connectivity index (χ1) is 8.17. The number of rotatable bonds is 4. The Morgan fingerprint density at radius 2 is 2.06 bits per heavy atom. The molecule has 4 heteroatoms. The van der Waals surface area contributed by atoms with Crippen molar-refractivity contribution in [1.29, 1.82) is 0 Å². The van der Waals surface area contributed by atoms with Crippen LogP contribution in [0.4, 0.5) is 0 Å². The van der Waals surface area contributed by atoms with Crippen LogP contribution in [0.25, 0.3) is 0 Å².